The molecule has 4 aliphatic rings. The lowest BCUT2D eigenvalue weighted by atomic mass is 9.46. The fourth-order valence-corrected chi connectivity index (χ4v) is 7.34. The summed E-state index contributed by atoms with van der Waals surface area (Å²) in [6.07, 6.45) is 8.89. The zero-order valence-electron chi connectivity index (χ0n) is 14.4. The molecule has 6 atom stereocenters. The SMILES string of the molecule is C[C@]12CC[C@H]3[C@@H](CC(=C(Br)Br)C4=CC(=O)CC[C@@]43C)[C@@H]1CC[C@H]2O. The van der Waals surface area contributed by atoms with Crippen LogP contribution in [0, 0.1) is 28.6 Å². The Balaban J connectivity index is 1.81. The average molecular weight is 458 g/mol. The highest BCUT2D eigenvalue weighted by Gasteiger charge is 2.59. The van der Waals surface area contributed by atoms with E-state index in [0.29, 0.717) is 24.2 Å². The largest absolute Gasteiger partial charge is 0.393 e. The molecule has 0 amide bonds. The maximum absolute atomic E-state index is 12.1. The monoisotopic (exact) mass is 456 g/mol. The van der Waals surface area contributed by atoms with Crippen LogP contribution in [-0.2, 0) is 4.79 Å². The van der Waals surface area contributed by atoms with Gasteiger partial charge in [0.05, 0.1) is 9.50 Å². The standard InChI is InChI=1S/C20H26Br2O2/c1-19-7-5-11(23)9-16(19)13(18(21)22)10-12-14-3-4-17(24)20(14,2)8-6-15(12)19/h9,12,14-15,17,24H,3-8,10H2,1-2H3/t12-,14-,15-,17+,19+,20-/m0/s1. The van der Waals surface area contributed by atoms with Crippen molar-refractivity contribution in [1.82, 2.24) is 0 Å². The summed E-state index contributed by atoms with van der Waals surface area (Å²) in [5.74, 6) is 2.15. The van der Waals surface area contributed by atoms with Gasteiger partial charge in [0.25, 0.3) is 0 Å². The lowest BCUT2D eigenvalue weighted by Crippen LogP contribution is -2.51. The van der Waals surface area contributed by atoms with Gasteiger partial charge < -0.3 is 5.11 Å². The number of hydrogen-bond acceptors (Lipinski definition) is 2. The fraction of sp³-hybridized carbons (Fsp3) is 0.750. The van der Waals surface area contributed by atoms with Crippen molar-refractivity contribution in [1.29, 1.82) is 0 Å². The van der Waals surface area contributed by atoms with Crippen molar-refractivity contribution in [3.63, 3.8) is 0 Å². The highest BCUT2D eigenvalue weighted by molar-refractivity contribution is 9.28. The van der Waals surface area contributed by atoms with Gasteiger partial charge in [0.2, 0.25) is 0 Å². The Morgan fingerprint density at radius 3 is 2.62 bits per heavy atom. The molecule has 3 fully saturated rings. The maximum atomic E-state index is 12.1. The number of rotatable bonds is 0. The minimum Gasteiger partial charge on any atom is -0.393 e. The summed E-state index contributed by atoms with van der Waals surface area (Å²) in [4.78, 5) is 12.1. The van der Waals surface area contributed by atoms with Crippen molar-refractivity contribution >= 4 is 37.6 Å². The number of ketones is 1. The van der Waals surface area contributed by atoms with E-state index in [9.17, 15) is 9.90 Å². The number of carbonyl (C=O) groups excluding carboxylic acids is 1. The predicted molar refractivity (Wildman–Crippen MR) is 103 cm³/mol. The normalized spacial score (nSPS) is 47.6. The van der Waals surface area contributed by atoms with E-state index >= 15 is 0 Å². The summed E-state index contributed by atoms with van der Waals surface area (Å²) in [6, 6.07) is 0. The predicted octanol–water partition coefficient (Wildman–Crippen LogP) is 5.49. The van der Waals surface area contributed by atoms with Crippen molar-refractivity contribution in [2.24, 2.45) is 28.6 Å². The zero-order valence-corrected chi connectivity index (χ0v) is 17.6. The van der Waals surface area contributed by atoms with Crippen molar-refractivity contribution in [2.75, 3.05) is 0 Å². The summed E-state index contributed by atoms with van der Waals surface area (Å²) in [7, 11) is 0. The number of fused-ring (bicyclic) bond motifs is 5. The number of aliphatic hydroxyl groups is 1. The number of allylic oxidation sites excluding steroid dienone is 2. The first-order chi connectivity index (χ1) is 11.3. The third kappa shape index (κ3) is 2.31. The van der Waals surface area contributed by atoms with Crippen LogP contribution in [0.4, 0.5) is 0 Å². The lowest BCUT2D eigenvalue weighted by Gasteiger charge is -2.58. The molecular weight excluding hydrogens is 432 g/mol. The van der Waals surface area contributed by atoms with Gasteiger partial charge in [-0.15, -0.1) is 0 Å². The smallest absolute Gasteiger partial charge is 0.156 e. The Morgan fingerprint density at radius 2 is 1.92 bits per heavy atom. The second kappa shape index (κ2) is 5.79. The van der Waals surface area contributed by atoms with Gasteiger partial charge in [0, 0.05) is 6.42 Å². The van der Waals surface area contributed by atoms with Crippen LogP contribution in [0.3, 0.4) is 0 Å². The Hall–Kier alpha value is 0.0700. The van der Waals surface area contributed by atoms with Crippen molar-refractivity contribution in [3.8, 4) is 0 Å². The van der Waals surface area contributed by atoms with E-state index in [-0.39, 0.29) is 22.7 Å². The Morgan fingerprint density at radius 1 is 1.17 bits per heavy atom. The fourth-order valence-electron chi connectivity index (χ4n) is 6.59. The molecule has 0 spiro atoms. The summed E-state index contributed by atoms with van der Waals surface area (Å²) in [6.45, 7) is 4.70. The highest BCUT2D eigenvalue weighted by atomic mass is 79.9. The Bertz CT molecular complexity index is 648. The van der Waals surface area contributed by atoms with Gasteiger partial charge in [-0.1, -0.05) is 13.8 Å². The molecular formula is C20H26Br2O2. The molecule has 132 valence electrons. The molecule has 4 heteroatoms. The number of aliphatic hydroxyl groups excluding tert-OH is 1. The van der Waals surface area contributed by atoms with Gasteiger partial charge in [-0.2, -0.15) is 0 Å². The van der Waals surface area contributed by atoms with E-state index in [1.807, 2.05) is 6.08 Å². The summed E-state index contributed by atoms with van der Waals surface area (Å²) in [5.41, 5.74) is 2.75. The van der Waals surface area contributed by atoms with Crippen molar-refractivity contribution < 1.29 is 9.90 Å². The van der Waals surface area contributed by atoms with Gasteiger partial charge >= 0.3 is 0 Å². The summed E-state index contributed by atoms with van der Waals surface area (Å²) >= 11 is 7.30. The maximum Gasteiger partial charge on any atom is 0.156 e. The van der Waals surface area contributed by atoms with Crippen LogP contribution < -0.4 is 0 Å². The van der Waals surface area contributed by atoms with Gasteiger partial charge in [0.1, 0.15) is 0 Å². The van der Waals surface area contributed by atoms with E-state index < -0.39 is 0 Å². The van der Waals surface area contributed by atoms with E-state index in [0.717, 1.165) is 35.5 Å². The number of halogens is 2. The molecule has 0 heterocycles. The van der Waals surface area contributed by atoms with Crippen LogP contribution >= 0.6 is 31.9 Å². The molecule has 0 aromatic rings. The Labute approximate surface area is 161 Å². The summed E-state index contributed by atoms with van der Waals surface area (Å²) < 4.78 is 1.01. The number of hydrogen-bond donors (Lipinski definition) is 1. The molecule has 0 radical (unpaired) electrons. The van der Waals surface area contributed by atoms with Gasteiger partial charge in [-0.25, -0.2) is 0 Å². The van der Waals surface area contributed by atoms with Crippen LogP contribution in [0.5, 0.6) is 0 Å². The number of carbonyl (C=O) groups is 1. The topological polar surface area (TPSA) is 37.3 Å². The third-order valence-electron chi connectivity index (χ3n) is 8.01. The minimum absolute atomic E-state index is 0.0904. The molecule has 4 aliphatic carbocycles. The van der Waals surface area contributed by atoms with Crippen LogP contribution in [0.25, 0.3) is 0 Å². The molecule has 3 saturated carbocycles. The first-order valence-corrected chi connectivity index (χ1v) is 10.8. The van der Waals surface area contributed by atoms with Crippen LogP contribution in [0.2, 0.25) is 0 Å². The average Bonchev–Trinajstić information content (AvgIpc) is 2.83. The van der Waals surface area contributed by atoms with E-state index in [4.69, 9.17) is 0 Å². The molecule has 0 saturated heterocycles. The van der Waals surface area contributed by atoms with Gasteiger partial charge in [0.15, 0.2) is 5.78 Å². The first kappa shape index (κ1) is 17.5. The first-order valence-electron chi connectivity index (χ1n) is 9.25. The molecule has 0 unspecified atom stereocenters. The van der Waals surface area contributed by atoms with Gasteiger partial charge in [-0.3, -0.25) is 4.79 Å². The lowest BCUT2D eigenvalue weighted by molar-refractivity contribution is -0.117. The van der Waals surface area contributed by atoms with Crippen LogP contribution in [0.15, 0.2) is 20.6 Å². The molecule has 2 nitrogen and oxygen atoms in total. The van der Waals surface area contributed by atoms with Crippen LogP contribution in [-0.4, -0.2) is 17.0 Å². The Kier molecular flexibility index (Phi) is 4.21. The van der Waals surface area contributed by atoms with Gasteiger partial charge in [-0.05, 0) is 116 Å². The highest BCUT2D eigenvalue weighted by Crippen LogP contribution is 2.66. The van der Waals surface area contributed by atoms with E-state index in [1.54, 1.807) is 0 Å². The molecule has 1 N–H and O–H groups in total. The van der Waals surface area contributed by atoms with Crippen LogP contribution in [0.1, 0.15) is 58.8 Å². The molecule has 0 aromatic heterocycles. The quantitative estimate of drug-likeness (QED) is 0.522. The van der Waals surface area contributed by atoms with E-state index in [1.165, 1.54) is 17.6 Å². The molecule has 4 rings (SSSR count). The minimum atomic E-state index is -0.138. The third-order valence-corrected chi connectivity index (χ3v) is 8.97. The summed E-state index contributed by atoms with van der Waals surface area (Å²) in [5, 5.41) is 10.6. The van der Waals surface area contributed by atoms with Crippen molar-refractivity contribution in [2.45, 2.75) is 64.9 Å². The molecule has 0 aromatic carbocycles. The second-order valence-electron chi connectivity index (χ2n) is 8.90. The molecule has 0 bridgehead atoms. The zero-order chi connectivity index (χ0) is 17.3. The van der Waals surface area contributed by atoms with Crippen molar-refractivity contribution in [3.05, 3.63) is 20.6 Å². The second-order valence-corrected chi connectivity index (χ2v) is 11.5. The van der Waals surface area contributed by atoms with E-state index in [2.05, 4.69) is 45.7 Å². The molecule has 24 heavy (non-hydrogen) atoms. The molecule has 0 aliphatic heterocycles.